The Hall–Kier alpha value is -2.34. The third-order valence-corrected chi connectivity index (χ3v) is 3.75. The lowest BCUT2D eigenvalue weighted by atomic mass is 9.93. The van der Waals surface area contributed by atoms with Crippen LogP contribution in [0.4, 0.5) is 5.69 Å². The maximum absolute atomic E-state index is 8.94. The fourth-order valence-corrected chi connectivity index (χ4v) is 2.91. The molecule has 0 radical (unpaired) electrons. The van der Waals surface area contributed by atoms with Crippen LogP contribution in [0.3, 0.4) is 0 Å². The molecule has 2 aromatic rings. The van der Waals surface area contributed by atoms with Crippen LogP contribution in [0.2, 0.25) is 0 Å². The van der Waals surface area contributed by atoms with Crippen molar-refractivity contribution in [3.05, 3.63) is 59.4 Å². The average Bonchev–Trinajstić information content (AvgIpc) is 2.47. The molecule has 0 amide bonds. The van der Waals surface area contributed by atoms with E-state index in [1.165, 1.54) is 11.3 Å². The second kappa shape index (κ2) is 5.34. The van der Waals surface area contributed by atoms with Crippen molar-refractivity contribution in [1.29, 1.82) is 5.26 Å². The Bertz CT molecular complexity index is 657. The number of benzene rings is 1. The Labute approximate surface area is 119 Å². The number of rotatable bonds is 2. The number of pyridine rings is 1. The molecule has 0 saturated carbocycles. The van der Waals surface area contributed by atoms with Gasteiger partial charge in [0, 0.05) is 25.0 Å². The molecular weight excluding hydrogens is 246 g/mol. The SMILES string of the molecule is CC1Cc2ccccc2N(Cc2ccnc(C#N)c2)C1. The first-order chi connectivity index (χ1) is 9.76. The minimum atomic E-state index is 0.487. The third-order valence-electron chi connectivity index (χ3n) is 3.75. The molecule has 0 bridgehead atoms. The van der Waals surface area contributed by atoms with Crippen molar-refractivity contribution in [2.75, 3.05) is 11.4 Å². The van der Waals surface area contributed by atoms with Gasteiger partial charge in [0.2, 0.25) is 0 Å². The normalized spacial score (nSPS) is 17.4. The molecule has 1 aliphatic rings. The first-order valence-corrected chi connectivity index (χ1v) is 6.94. The van der Waals surface area contributed by atoms with Gasteiger partial charge in [-0.1, -0.05) is 25.1 Å². The average molecular weight is 263 g/mol. The summed E-state index contributed by atoms with van der Waals surface area (Å²) in [5, 5.41) is 8.94. The van der Waals surface area contributed by atoms with E-state index in [2.05, 4.69) is 47.1 Å². The summed E-state index contributed by atoms with van der Waals surface area (Å²) < 4.78 is 0. The summed E-state index contributed by atoms with van der Waals surface area (Å²) in [6, 6.07) is 14.6. The molecule has 1 atom stereocenters. The van der Waals surface area contributed by atoms with E-state index in [1.54, 1.807) is 6.20 Å². The molecule has 0 saturated heterocycles. The molecule has 100 valence electrons. The third kappa shape index (κ3) is 2.50. The summed E-state index contributed by atoms with van der Waals surface area (Å²) >= 11 is 0. The number of fused-ring (bicyclic) bond motifs is 1. The fourth-order valence-electron chi connectivity index (χ4n) is 2.91. The van der Waals surface area contributed by atoms with E-state index in [0.717, 1.165) is 25.1 Å². The quantitative estimate of drug-likeness (QED) is 0.835. The van der Waals surface area contributed by atoms with E-state index in [4.69, 9.17) is 5.26 Å². The van der Waals surface area contributed by atoms with Crippen LogP contribution in [0.5, 0.6) is 0 Å². The number of hydrogen-bond donors (Lipinski definition) is 0. The van der Waals surface area contributed by atoms with E-state index in [9.17, 15) is 0 Å². The summed E-state index contributed by atoms with van der Waals surface area (Å²) in [6.07, 6.45) is 2.86. The Morgan fingerprint density at radius 2 is 2.20 bits per heavy atom. The zero-order valence-electron chi connectivity index (χ0n) is 11.6. The molecule has 0 fully saturated rings. The smallest absolute Gasteiger partial charge is 0.140 e. The van der Waals surface area contributed by atoms with Crippen LogP contribution in [-0.2, 0) is 13.0 Å². The molecule has 0 aliphatic carbocycles. The fraction of sp³-hybridized carbons (Fsp3) is 0.294. The van der Waals surface area contributed by atoms with E-state index < -0.39 is 0 Å². The van der Waals surface area contributed by atoms with Gasteiger partial charge in [0.15, 0.2) is 0 Å². The van der Waals surface area contributed by atoms with Crippen LogP contribution in [0.25, 0.3) is 0 Å². The first kappa shape index (κ1) is 12.7. The number of hydrogen-bond acceptors (Lipinski definition) is 3. The second-order valence-electron chi connectivity index (χ2n) is 5.48. The van der Waals surface area contributed by atoms with Gasteiger partial charge < -0.3 is 4.90 Å². The molecule has 3 heteroatoms. The summed E-state index contributed by atoms with van der Waals surface area (Å²) in [5.41, 5.74) is 4.36. The van der Waals surface area contributed by atoms with Crippen LogP contribution in [-0.4, -0.2) is 11.5 Å². The minimum Gasteiger partial charge on any atom is -0.367 e. The van der Waals surface area contributed by atoms with Gasteiger partial charge in [0.1, 0.15) is 11.8 Å². The van der Waals surface area contributed by atoms with Crippen molar-refractivity contribution >= 4 is 5.69 Å². The zero-order valence-corrected chi connectivity index (χ0v) is 11.6. The van der Waals surface area contributed by atoms with Crippen molar-refractivity contribution in [2.45, 2.75) is 19.9 Å². The van der Waals surface area contributed by atoms with Crippen molar-refractivity contribution in [1.82, 2.24) is 4.98 Å². The standard InChI is InChI=1S/C17H17N3/c1-13-8-15-4-2-3-5-17(15)20(11-13)12-14-6-7-19-16(9-14)10-18/h2-7,9,13H,8,11-12H2,1H3. The van der Waals surface area contributed by atoms with Gasteiger partial charge in [-0.05, 0) is 41.7 Å². The van der Waals surface area contributed by atoms with Gasteiger partial charge in [-0.15, -0.1) is 0 Å². The van der Waals surface area contributed by atoms with Gasteiger partial charge >= 0.3 is 0 Å². The molecular formula is C17H17N3. The van der Waals surface area contributed by atoms with Crippen molar-refractivity contribution < 1.29 is 0 Å². The largest absolute Gasteiger partial charge is 0.367 e. The van der Waals surface area contributed by atoms with Crippen LogP contribution < -0.4 is 4.90 Å². The number of para-hydroxylation sites is 1. The van der Waals surface area contributed by atoms with Gasteiger partial charge in [0.25, 0.3) is 0 Å². The summed E-state index contributed by atoms with van der Waals surface area (Å²) in [6.45, 7) is 4.18. The molecule has 1 aromatic heterocycles. The molecule has 0 spiro atoms. The molecule has 1 aliphatic heterocycles. The topological polar surface area (TPSA) is 39.9 Å². The van der Waals surface area contributed by atoms with Gasteiger partial charge in [0.05, 0.1) is 0 Å². The van der Waals surface area contributed by atoms with Crippen LogP contribution in [0, 0.1) is 17.2 Å². The van der Waals surface area contributed by atoms with Gasteiger partial charge in [-0.2, -0.15) is 5.26 Å². The predicted octanol–water partition coefficient (Wildman–Crippen LogP) is 3.15. The highest BCUT2D eigenvalue weighted by atomic mass is 15.1. The van der Waals surface area contributed by atoms with Crippen molar-refractivity contribution in [2.24, 2.45) is 5.92 Å². The molecule has 2 heterocycles. The molecule has 0 N–H and O–H groups in total. The Morgan fingerprint density at radius 3 is 3.05 bits per heavy atom. The maximum atomic E-state index is 8.94. The monoisotopic (exact) mass is 263 g/mol. The van der Waals surface area contributed by atoms with Crippen molar-refractivity contribution in [3.63, 3.8) is 0 Å². The van der Waals surface area contributed by atoms with E-state index in [1.807, 2.05) is 12.1 Å². The van der Waals surface area contributed by atoms with E-state index in [-0.39, 0.29) is 0 Å². The molecule has 3 rings (SSSR count). The lowest BCUT2D eigenvalue weighted by Gasteiger charge is -2.35. The van der Waals surface area contributed by atoms with Gasteiger partial charge in [-0.25, -0.2) is 4.98 Å². The highest BCUT2D eigenvalue weighted by Crippen LogP contribution is 2.30. The van der Waals surface area contributed by atoms with Crippen molar-refractivity contribution in [3.8, 4) is 6.07 Å². The molecule has 3 nitrogen and oxygen atoms in total. The number of aromatic nitrogens is 1. The zero-order chi connectivity index (χ0) is 13.9. The number of nitriles is 1. The Kier molecular flexibility index (Phi) is 3.39. The van der Waals surface area contributed by atoms with E-state index >= 15 is 0 Å². The lowest BCUT2D eigenvalue weighted by molar-refractivity contribution is 0.530. The highest BCUT2D eigenvalue weighted by Gasteiger charge is 2.21. The van der Waals surface area contributed by atoms with Crippen LogP contribution in [0.1, 0.15) is 23.7 Å². The molecule has 1 aromatic carbocycles. The van der Waals surface area contributed by atoms with Crippen LogP contribution in [0.15, 0.2) is 42.6 Å². The predicted molar refractivity (Wildman–Crippen MR) is 79.3 cm³/mol. The maximum Gasteiger partial charge on any atom is 0.140 e. The summed E-state index contributed by atoms with van der Waals surface area (Å²) in [7, 11) is 0. The highest BCUT2D eigenvalue weighted by molar-refractivity contribution is 5.56. The Morgan fingerprint density at radius 1 is 1.35 bits per heavy atom. The first-order valence-electron chi connectivity index (χ1n) is 6.94. The minimum absolute atomic E-state index is 0.487. The second-order valence-corrected chi connectivity index (χ2v) is 5.48. The number of nitrogens with zero attached hydrogens (tertiary/aromatic N) is 3. The summed E-state index contributed by atoms with van der Waals surface area (Å²) in [4.78, 5) is 6.43. The van der Waals surface area contributed by atoms with E-state index in [0.29, 0.717) is 11.6 Å². The summed E-state index contributed by atoms with van der Waals surface area (Å²) in [5.74, 6) is 0.655. The van der Waals surface area contributed by atoms with Gasteiger partial charge in [-0.3, -0.25) is 0 Å². The lowest BCUT2D eigenvalue weighted by Crippen LogP contribution is -2.33. The molecule has 20 heavy (non-hydrogen) atoms. The molecule has 1 unspecified atom stereocenters. The van der Waals surface area contributed by atoms with Crippen LogP contribution >= 0.6 is 0 Å². The number of anilines is 1. The Balaban J connectivity index is 1.89.